The topological polar surface area (TPSA) is 52.6 Å². The van der Waals surface area contributed by atoms with Gasteiger partial charge in [0.05, 0.1) is 24.4 Å². The van der Waals surface area contributed by atoms with Gasteiger partial charge < -0.3 is 9.47 Å². The van der Waals surface area contributed by atoms with E-state index in [1.807, 2.05) is 13.8 Å². The highest BCUT2D eigenvalue weighted by atomic mass is 16.5. The number of esters is 2. The summed E-state index contributed by atoms with van der Waals surface area (Å²) in [5.41, 5.74) is 1.05. The predicted molar refractivity (Wildman–Crippen MR) is 77.1 cm³/mol. The van der Waals surface area contributed by atoms with E-state index in [1.165, 1.54) is 0 Å². The van der Waals surface area contributed by atoms with Gasteiger partial charge in [0.15, 0.2) is 0 Å². The fourth-order valence-electron chi connectivity index (χ4n) is 2.79. The summed E-state index contributed by atoms with van der Waals surface area (Å²) in [6, 6.07) is 0. The fourth-order valence-corrected chi connectivity index (χ4v) is 2.79. The third kappa shape index (κ3) is 4.09. The molecule has 1 saturated carbocycles. The molecule has 0 amide bonds. The third-order valence-corrected chi connectivity index (χ3v) is 3.62. The molecule has 1 aliphatic carbocycles. The lowest BCUT2D eigenvalue weighted by molar-refractivity contribution is -0.142. The summed E-state index contributed by atoms with van der Waals surface area (Å²) in [7, 11) is 0. The molecule has 0 unspecified atom stereocenters. The second kappa shape index (κ2) is 8.08. The van der Waals surface area contributed by atoms with Crippen molar-refractivity contribution in [2.75, 3.05) is 13.2 Å². The average Bonchev–Trinajstić information content (AvgIpc) is 2.88. The molecule has 4 nitrogen and oxygen atoms in total. The van der Waals surface area contributed by atoms with Crippen LogP contribution < -0.4 is 0 Å². The van der Waals surface area contributed by atoms with Crippen molar-refractivity contribution < 1.29 is 19.1 Å². The molecule has 0 spiro atoms. The van der Waals surface area contributed by atoms with Crippen LogP contribution in [0.4, 0.5) is 0 Å². The predicted octanol–water partition coefficient (Wildman–Crippen LogP) is 3.26. The summed E-state index contributed by atoms with van der Waals surface area (Å²) >= 11 is 0. The average molecular weight is 282 g/mol. The number of carbonyl (C=O) groups excluding carboxylic acids is 2. The number of rotatable bonds is 6. The van der Waals surface area contributed by atoms with Crippen LogP contribution in [-0.4, -0.2) is 25.2 Å². The van der Waals surface area contributed by atoms with Crippen molar-refractivity contribution in [3.05, 3.63) is 11.1 Å². The van der Waals surface area contributed by atoms with Crippen LogP contribution in [0.25, 0.3) is 0 Å². The molecule has 0 aromatic heterocycles. The highest BCUT2D eigenvalue weighted by Crippen LogP contribution is 2.35. The second-order valence-electron chi connectivity index (χ2n) is 5.40. The summed E-state index contributed by atoms with van der Waals surface area (Å²) in [5, 5.41) is 0. The number of ether oxygens (including phenoxy) is 2. The van der Waals surface area contributed by atoms with E-state index in [2.05, 4.69) is 0 Å². The van der Waals surface area contributed by atoms with Gasteiger partial charge in [-0.15, -0.1) is 0 Å². The zero-order chi connectivity index (χ0) is 15.1. The van der Waals surface area contributed by atoms with Gasteiger partial charge in [-0.3, -0.25) is 0 Å². The first kappa shape index (κ1) is 16.7. The molecule has 20 heavy (non-hydrogen) atoms. The Morgan fingerprint density at radius 2 is 1.50 bits per heavy atom. The van der Waals surface area contributed by atoms with Gasteiger partial charge in [0.25, 0.3) is 0 Å². The Morgan fingerprint density at radius 3 is 1.95 bits per heavy atom. The minimum atomic E-state index is -0.377. The monoisotopic (exact) mass is 282 g/mol. The van der Waals surface area contributed by atoms with Crippen molar-refractivity contribution >= 4 is 11.9 Å². The maximum Gasteiger partial charge on any atom is 0.334 e. The maximum atomic E-state index is 12.3. The number of carbonyl (C=O) groups is 2. The molecule has 114 valence electrons. The van der Waals surface area contributed by atoms with E-state index in [1.54, 1.807) is 13.8 Å². The van der Waals surface area contributed by atoms with E-state index in [0.29, 0.717) is 24.4 Å². The van der Waals surface area contributed by atoms with Gasteiger partial charge in [0.2, 0.25) is 0 Å². The van der Waals surface area contributed by atoms with Crippen molar-refractivity contribution in [3.63, 3.8) is 0 Å². The van der Waals surface area contributed by atoms with Gasteiger partial charge in [0.1, 0.15) is 0 Å². The SMILES string of the molecule is CCOC(=O)C(=C(C(=O)OCC)C1CCCC1)C(C)C. The highest BCUT2D eigenvalue weighted by molar-refractivity contribution is 6.01. The Hall–Kier alpha value is -1.32. The summed E-state index contributed by atoms with van der Waals surface area (Å²) in [4.78, 5) is 24.5. The first-order valence-electron chi connectivity index (χ1n) is 7.61. The molecule has 1 rings (SSSR count). The standard InChI is InChI=1S/C16H26O4/c1-5-19-15(17)13(11(3)4)14(16(18)20-6-2)12-9-7-8-10-12/h11-12H,5-10H2,1-4H3. The molecule has 0 bridgehead atoms. The Bertz CT molecular complexity index is 376. The fraction of sp³-hybridized carbons (Fsp3) is 0.750. The van der Waals surface area contributed by atoms with E-state index in [4.69, 9.17) is 9.47 Å². The smallest absolute Gasteiger partial charge is 0.334 e. The van der Waals surface area contributed by atoms with Crippen LogP contribution in [0.1, 0.15) is 53.4 Å². The van der Waals surface area contributed by atoms with Crippen LogP contribution in [0.2, 0.25) is 0 Å². The van der Waals surface area contributed by atoms with Crippen LogP contribution >= 0.6 is 0 Å². The molecule has 0 atom stereocenters. The molecule has 0 saturated heterocycles. The van der Waals surface area contributed by atoms with Crippen LogP contribution in [0.3, 0.4) is 0 Å². The molecule has 1 fully saturated rings. The molecule has 0 aromatic carbocycles. The van der Waals surface area contributed by atoms with E-state index < -0.39 is 0 Å². The molecular weight excluding hydrogens is 256 g/mol. The first-order valence-corrected chi connectivity index (χ1v) is 7.61. The molecule has 0 heterocycles. The highest BCUT2D eigenvalue weighted by Gasteiger charge is 2.32. The molecular formula is C16H26O4. The number of hydrogen-bond donors (Lipinski definition) is 0. The van der Waals surface area contributed by atoms with E-state index in [0.717, 1.165) is 25.7 Å². The zero-order valence-corrected chi connectivity index (χ0v) is 13.0. The lowest BCUT2D eigenvalue weighted by Gasteiger charge is -2.20. The summed E-state index contributed by atoms with van der Waals surface area (Å²) < 4.78 is 10.3. The maximum absolute atomic E-state index is 12.3. The molecule has 0 aromatic rings. The minimum absolute atomic E-state index is 0.0472. The molecule has 1 aliphatic rings. The Labute approximate surface area is 121 Å². The second-order valence-corrected chi connectivity index (χ2v) is 5.40. The quantitative estimate of drug-likeness (QED) is 0.554. The van der Waals surface area contributed by atoms with Crippen molar-refractivity contribution in [3.8, 4) is 0 Å². The lowest BCUT2D eigenvalue weighted by Crippen LogP contribution is -2.23. The molecule has 0 aliphatic heterocycles. The van der Waals surface area contributed by atoms with Crippen molar-refractivity contribution in [2.45, 2.75) is 53.4 Å². The minimum Gasteiger partial charge on any atom is -0.463 e. The Balaban J connectivity index is 3.21. The summed E-state index contributed by atoms with van der Waals surface area (Å²) in [6.07, 6.45) is 4.09. The zero-order valence-electron chi connectivity index (χ0n) is 13.0. The first-order chi connectivity index (χ1) is 9.52. The van der Waals surface area contributed by atoms with Crippen molar-refractivity contribution in [1.29, 1.82) is 0 Å². The molecule has 0 N–H and O–H groups in total. The normalized spacial score (nSPS) is 17.1. The van der Waals surface area contributed by atoms with Crippen LogP contribution in [0.15, 0.2) is 11.1 Å². The van der Waals surface area contributed by atoms with E-state index >= 15 is 0 Å². The van der Waals surface area contributed by atoms with Crippen molar-refractivity contribution in [2.24, 2.45) is 11.8 Å². The largest absolute Gasteiger partial charge is 0.463 e. The van der Waals surface area contributed by atoms with Gasteiger partial charge in [0, 0.05) is 0 Å². The van der Waals surface area contributed by atoms with Crippen LogP contribution in [0, 0.1) is 11.8 Å². The van der Waals surface area contributed by atoms with E-state index in [9.17, 15) is 9.59 Å². The Morgan fingerprint density at radius 1 is 1.00 bits per heavy atom. The lowest BCUT2D eigenvalue weighted by atomic mass is 9.87. The van der Waals surface area contributed by atoms with Gasteiger partial charge in [-0.05, 0) is 38.5 Å². The third-order valence-electron chi connectivity index (χ3n) is 3.62. The van der Waals surface area contributed by atoms with Gasteiger partial charge >= 0.3 is 11.9 Å². The summed E-state index contributed by atoms with van der Waals surface area (Å²) in [5.74, 6) is -0.640. The molecule has 4 heteroatoms. The Kier molecular flexibility index (Phi) is 6.76. The molecule has 0 radical (unpaired) electrons. The van der Waals surface area contributed by atoms with Gasteiger partial charge in [-0.1, -0.05) is 26.7 Å². The van der Waals surface area contributed by atoms with E-state index in [-0.39, 0.29) is 23.8 Å². The van der Waals surface area contributed by atoms with Crippen LogP contribution in [-0.2, 0) is 19.1 Å². The van der Waals surface area contributed by atoms with Crippen molar-refractivity contribution in [1.82, 2.24) is 0 Å². The summed E-state index contributed by atoms with van der Waals surface area (Å²) in [6.45, 7) is 8.03. The van der Waals surface area contributed by atoms with Crippen LogP contribution in [0.5, 0.6) is 0 Å². The van der Waals surface area contributed by atoms with Gasteiger partial charge in [-0.25, -0.2) is 9.59 Å². The number of hydrogen-bond acceptors (Lipinski definition) is 4. The van der Waals surface area contributed by atoms with Gasteiger partial charge in [-0.2, -0.15) is 0 Å².